The third-order valence-corrected chi connectivity index (χ3v) is 4.23. The van der Waals surface area contributed by atoms with E-state index in [1.54, 1.807) is 24.3 Å². The van der Waals surface area contributed by atoms with Crippen molar-refractivity contribution in [2.24, 2.45) is 0 Å². The molecule has 0 heterocycles. The molecule has 1 rings (SSSR count). The molecule has 0 saturated carbocycles. The Morgan fingerprint density at radius 2 is 1.10 bits per heavy atom. The Kier molecular flexibility index (Phi) is 17.5. The molecule has 0 aliphatic rings. The number of hydrogen-bond acceptors (Lipinski definition) is 6. The van der Waals surface area contributed by atoms with Crippen LogP contribution in [0.4, 0.5) is 0 Å². The highest BCUT2D eigenvalue weighted by molar-refractivity contribution is 5.89. The molecular weight excluding hydrogens is 372 g/mol. The first-order chi connectivity index (χ1) is 14.3. The van der Waals surface area contributed by atoms with Gasteiger partial charge in [-0.3, -0.25) is 0 Å². The summed E-state index contributed by atoms with van der Waals surface area (Å²) < 4.78 is 26.9. The number of carbonyl (C=O) groups is 1. The first kappa shape index (κ1) is 25.6. The van der Waals surface area contributed by atoms with E-state index in [9.17, 15) is 4.79 Å². The van der Waals surface area contributed by atoms with Crippen LogP contribution >= 0.6 is 0 Å². The number of benzene rings is 1. The van der Waals surface area contributed by atoms with Gasteiger partial charge in [-0.05, 0) is 18.6 Å². The van der Waals surface area contributed by atoms with Gasteiger partial charge < -0.3 is 23.7 Å². The zero-order valence-corrected chi connectivity index (χ0v) is 17.9. The fourth-order valence-corrected chi connectivity index (χ4v) is 2.60. The third kappa shape index (κ3) is 16.1. The second-order valence-corrected chi connectivity index (χ2v) is 6.72. The first-order valence-electron chi connectivity index (χ1n) is 10.9. The van der Waals surface area contributed by atoms with Crippen LogP contribution in [0.1, 0.15) is 55.8 Å². The van der Waals surface area contributed by atoms with Crippen LogP contribution in [0, 0.1) is 0 Å². The zero-order valence-electron chi connectivity index (χ0n) is 17.9. The van der Waals surface area contributed by atoms with Gasteiger partial charge in [-0.2, -0.15) is 0 Å². The molecule has 0 atom stereocenters. The smallest absolute Gasteiger partial charge is 0.338 e. The van der Waals surface area contributed by atoms with Gasteiger partial charge in [-0.1, -0.05) is 57.2 Å². The van der Waals surface area contributed by atoms with E-state index in [-0.39, 0.29) is 12.6 Å². The average molecular weight is 411 g/mol. The molecule has 0 saturated heterocycles. The lowest BCUT2D eigenvalue weighted by Gasteiger charge is -2.08. The van der Waals surface area contributed by atoms with Gasteiger partial charge in [0.05, 0.1) is 51.8 Å². The third-order valence-electron chi connectivity index (χ3n) is 4.23. The summed E-state index contributed by atoms with van der Waals surface area (Å²) in [6, 6.07) is 8.91. The van der Waals surface area contributed by atoms with Crippen LogP contribution in [0.5, 0.6) is 0 Å². The van der Waals surface area contributed by atoms with Crippen molar-refractivity contribution in [1.29, 1.82) is 0 Å². The lowest BCUT2D eigenvalue weighted by Crippen LogP contribution is -2.14. The molecule has 0 amide bonds. The Balaban J connectivity index is 1.72. The van der Waals surface area contributed by atoms with Crippen molar-refractivity contribution in [1.82, 2.24) is 0 Å². The maximum absolute atomic E-state index is 11.7. The van der Waals surface area contributed by atoms with Crippen molar-refractivity contribution in [3.63, 3.8) is 0 Å². The molecule has 6 nitrogen and oxygen atoms in total. The number of hydrogen-bond donors (Lipinski definition) is 0. The first-order valence-corrected chi connectivity index (χ1v) is 10.9. The molecule has 166 valence electrons. The Bertz CT molecular complexity index is 480. The topological polar surface area (TPSA) is 63.2 Å². The minimum atomic E-state index is -0.335. The van der Waals surface area contributed by atoms with Gasteiger partial charge >= 0.3 is 5.97 Å². The minimum absolute atomic E-state index is 0.232. The summed E-state index contributed by atoms with van der Waals surface area (Å²) in [6.07, 6.45) is 7.68. The summed E-state index contributed by atoms with van der Waals surface area (Å²) in [4.78, 5) is 11.7. The number of ether oxygens (including phenoxy) is 5. The number of rotatable bonds is 20. The fraction of sp³-hybridized carbons (Fsp3) is 0.696. The monoisotopic (exact) mass is 410 g/mol. The van der Waals surface area contributed by atoms with Crippen LogP contribution in [0.15, 0.2) is 30.3 Å². The van der Waals surface area contributed by atoms with Crippen LogP contribution in [-0.2, 0) is 23.7 Å². The highest BCUT2D eigenvalue weighted by atomic mass is 16.6. The molecule has 0 aliphatic heterocycles. The van der Waals surface area contributed by atoms with E-state index < -0.39 is 0 Å². The maximum Gasteiger partial charge on any atom is 0.338 e. The summed E-state index contributed by atoms with van der Waals surface area (Å²) >= 11 is 0. The minimum Gasteiger partial charge on any atom is -0.460 e. The highest BCUT2D eigenvalue weighted by Crippen LogP contribution is 2.04. The fourth-order valence-electron chi connectivity index (χ4n) is 2.60. The van der Waals surface area contributed by atoms with Crippen LogP contribution in [0.3, 0.4) is 0 Å². The normalized spacial score (nSPS) is 10.9. The molecule has 29 heavy (non-hydrogen) atoms. The molecule has 0 aromatic heterocycles. The zero-order chi connectivity index (χ0) is 20.8. The number of carbonyl (C=O) groups excluding carboxylic acids is 1. The predicted octanol–water partition coefficient (Wildman–Crippen LogP) is 4.27. The summed E-state index contributed by atoms with van der Waals surface area (Å²) in [5, 5.41) is 0. The summed E-state index contributed by atoms with van der Waals surface area (Å²) in [7, 11) is 0. The lowest BCUT2D eigenvalue weighted by molar-refractivity contribution is -0.00913. The predicted molar refractivity (Wildman–Crippen MR) is 113 cm³/mol. The van der Waals surface area contributed by atoms with E-state index >= 15 is 0 Å². The van der Waals surface area contributed by atoms with Crippen LogP contribution in [0.25, 0.3) is 0 Å². The van der Waals surface area contributed by atoms with E-state index in [2.05, 4.69) is 6.92 Å². The van der Waals surface area contributed by atoms with Gasteiger partial charge in [0.2, 0.25) is 0 Å². The van der Waals surface area contributed by atoms with E-state index in [0.29, 0.717) is 51.8 Å². The second kappa shape index (κ2) is 19.8. The van der Waals surface area contributed by atoms with Gasteiger partial charge in [-0.15, -0.1) is 0 Å². The summed E-state index contributed by atoms with van der Waals surface area (Å²) in [6.45, 7) is 6.92. The SMILES string of the molecule is CCCCCCCCOCCOCCOCCOCCOC(=O)c1ccccc1. The molecule has 0 N–H and O–H groups in total. The molecule has 0 spiro atoms. The van der Waals surface area contributed by atoms with Gasteiger partial charge in [0.25, 0.3) is 0 Å². The van der Waals surface area contributed by atoms with Crippen molar-refractivity contribution >= 4 is 5.97 Å². The Labute approximate surface area is 175 Å². The van der Waals surface area contributed by atoms with Crippen molar-refractivity contribution in [3.8, 4) is 0 Å². The lowest BCUT2D eigenvalue weighted by atomic mass is 10.1. The van der Waals surface area contributed by atoms with Gasteiger partial charge in [-0.25, -0.2) is 4.79 Å². The molecular formula is C23H38O6. The van der Waals surface area contributed by atoms with Crippen LogP contribution < -0.4 is 0 Å². The standard InChI is InChI=1S/C23H38O6/c1-2-3-4-5-6-10-13-25-14-15-26-16-17-27-18-19-28-20-21-29-23(24)22-11-8-7-9-12-22/h7-9,11-12H,2-6,10,13-21H2,1H3. The second-order valence-electron chi connectivity index (χ2n) is 6.72. The summed E-state index contributed by atoms with van der Waals surface area (Å²) in [5.74, 6) is -0.335. The van der Waals surface area contributed by atoms with E-state index in [0.717, 1.165) is 13.0 Å². The number of unbranched alkanes of at least 4 members (excludes halogenated alkanes) is 5. The van der Waals surface area contributed by atoms with Crippen molar-refractivity contribution < 1.29 is 28.5 Å². The Morgan fingerprint density at radius 3 is 1.69 bits per heavy atom. The van der Waals surface area contributed by atoms with E-state index in [4.69, 9.17) is 23.7 Å². The molecule has 6 heteroatoms. The van der Waals surface area contributed by atoms with Crippen molar-refractivity contribution in [3.05, 3.63) is 35.9 Å². The molecule has 0 bridgehead atoms. The van der Waals surface area contributed by atoms with Gasteiger partial charge in [0.1, 0.15) is 6.61 Å². The quantitative estimate of drug-likeness (QED) is 0.236. The largest absolute Gasteiger partial charge is 0.460 e. The Morgan fingerprint density at radius 1 is 0.621 bits per heavy atom. The summed E-state index contributed by atoms with van der Waals surface area (Å²) in [5.41, 5.74) is 0.545. The molecule has 0 unspecified atom stereocenters. The molecule has 0 fully saturated rings. The van der Waals surface area contributed by atoms with Crippen LogP contribution in [0.2, 0.25) is 0 Å². The van der Waals surface area contributed by atoms with Crippen molar-refractivity contribution in [2.45, 2.75) is 45.4 Å². The van der Waals surface area contributed by atoms with E-state index in [1.807, 2.05) is 6.07 Å². The molecule has 0 aliphatic carbocycles. The van der Waals surface area contributed by atoms with Gasteiger partial charge in [0.15, 0.2) is 0 Å². The molecule has 1 aromatic carbocycles. The average Bonchev–Trinajstić information content (AvgIpc) is 2.75. The Hall–Kier alpha value is -1.47. The highest BCUT2D eigenvalue weighted by Gasteiger charge is 2.04. The molecule has 1 aromatic rings. The van der Waals surface area contributed by atoms with E-state index in [1.165, 1.54) is 32.1 Å². The molecule has 0 radical (unpaired) electrons. The number of esters is 1. The van der Waals surface area contributed by atoms with Crippen molar-refractivity contribution in [2.75, 3.05) is 59.5 Å². The maximum atomic E-state index is 11.7. The van der Waals surface area contributed by atoms with Crippen LogP contribution in [-0.4, -0.2) is 65.4 Å². The van der Waals surface area contributed by atoms with Gasteiger partial charge in [0, 0.05) is 6.61 Å².